The third-order valence-electron chi connectivity index (χ3n) is 4.31. The molecule has 0 heteroatoms. The molecule has 0 atom stereocenters. The molecule has 0 saturated carbocycles. The lowest BCUT2D eigenvalue weighted by molar-refractivity contribution is 0.890. The van der Waals surface area contributed by atoms with Gasteiger partial charge < -0.3 is 0 Å². The zero-order valence-corrected chi connectivity index (χ0v) is 13.2. The van der Waals surface area contributed by atoms with Crippen molar-refractivity contribution in [3.05, 3.63) is 70.3 Å². The lowest BCUT2D eigenvalue weighted by Gasteiger charge is -2.10. The Morgan fingerprint density at radius 3 is 2.38 bits per heavy atom. The highest BCUT2D eigenvalue weighted by atomic mass is 14.2. The summed E-state index contributed by atoms with van der Waals surface area (Å²) in [5.41, 5.74) is 8.93. The van der Waals surface area contributed by atoms with Gasteiger partial charge in [-0.3, -0.25) is 0 Å². The first-order chi connectivity index (χ1) is 10.3. The minimum atomic E-state index is 1.09. The lowest BCUT2D eigenvalue weighted by Crippen LogP contribution is -1.96. The maximum Gasteiger partial charge on any atom is -0.00135 e. The molecule has 0 fully saturated rings. The molecule has 0 bridgehead atoms. The molecule has 3 rings (SSSR count). The number of rotatable bonds is 5. The number of benzene rings is 2. The Hall–Kier alpha value is -1.82. The molecule has 1 aliphatic carbocycles. The zero-order valence-electron chi connectivity index (χ0n) is 13.2. The highest BCUT2D eigenvalue weighted by Crippen LogP contribution is 2.35. The molecular formula is C21H24. The SMILES string of the molecule is CCCc1cc(CCC)c2c(c1)CC(c1ccccc1)=C2. The van der Waals surface area contributed by atoms with Gasteiger partial charge in [0.05, 0.1) is 0 Å². The van der Waals surface area contributed by atoms with E-state index in [1.54, 1.807) is 5.56 Å². The molecule has 0 spiro atoms. The second-order valence-electron chi connectivity index (χ2n) is 6.04. The summed E-state index contributed by atoms with van der Waals surface area (Å²) in [5, 5.41) is 0. The molecule has 0 unspecified atom stereocenters. The number of hydrogen-bond donors (Lipinski definition) is 0. The first-order valence-corrected chi connectivity index (χ1v) is 8.22. The average molecular weight is 276 g/mol. The molecule has 21 heavy (non-hydrogen) atoms. The van der Waals surface area contributed by atoms with Gasteiger partial charge in [0.1, 0.15) is 0 Å². The monoisotopic (exact) mass is 276 g/mol. The Morgan fingerprint density at radius 2 is 1.67 bits per heavy atom. The van der Waals surface area contributed by atoms with Crippen molar-refractivity contribution in [1.29, 1.82) is 0 Å². The second kappa shape index (κ2) is 6.30. The van der Waals surface area contributed by atoms with Crippen molar-refractivity contribution in [3.8, 4) is 0 Å². The van der Waals surface area contributed by atoms with Crippen LogP contribution in [-0.2, 0) is 19.3 Å². The summed E-state index contributed by atoms with van der Waals surface area (Å²) in [7, 11) is 0. The van der Waals surface area contributed by atoms with Crippen LogP contribution in [0, 0.1) is 0 Å². The number of allylic oxidation sites excluding steroid dienone is 1. The number of fused-ring (bicyclic) bond motifs is 1. The van der Waals surface area contributed by atoms with Crippen molar-refractivity contribution in [2.45, 2.75) is 46.0 Å². The van der Waals surface area contributed by atoms with Gasteiger partial charge in [-0.05, 0) is 52.7 Å². The van der Waals surface area contributed by atoms with Crippen LogP contribution in [0.3, 0.4) is 0 Å². The molecule has 0 amide bonds. The quantitative estimate of drug-likeness (QED) is 0.658. The largest absolute Gasteiger partial charge is 0.0651 e. The Morgan fingerprint density at radius 1 is 0.905 bits per heavy atom. The average Bonchev–Trinajstić information content (AvgIpc) is 2.93. The van der Waals surface area contributed by atoms with E-state index in [0.717, 1.165) is 6.42 Å². The summed E-state index contributed by atoms with van der Waals surface area (Å²) >= 11 is 0. The van der Waals surface area contributed by atoms with Crippen molar-refractivity contribution in [2.24, 2.45) is 0 Å². The van der Waals surface area contributed by atoms with Crippen LogP contribution in [0.1, 0.15) is 54.5 Å². The van der Waals surface area contributed by atoms with E-state index in [0.29, 0.717) is 0 Å². The Labute approximate surface area is 128 Å². The number of aryl methyl sites for hydroxylation is 2. The van der Waals surface area contributed by atoms with E-state index in [9.17, 15) is 0 Å². The van der Waals surface area contributed by atoms with Gasteiger partial charge in [0, 0.05) is 0 Å². The molecule has 0 aliphatic heterocycles. The molecule has 1 aliphatic rings. The van der Waals surface area contributed by atoms with Crippen LogP contribution in [0.15, 0.2) is 42.5 Å². The molecule has 0 N–H and O–H groups in total. The first kappa shape index (κ1) is 14.1. The summed E-state index contributed by atoms with van der Waals surface area (Å²) in [6, 6.07) is 15.7. The molecule has 0 heterocycles. The van der Waals surface area contributed by atoms with Crippen LogP contribution in [-0.4, -0.2) is 0 Å². The molecule has 0 saturated heterocycles. The number of hydrogen-bond acceptors (Lipinski definition) is 0. The minimum absolute atomic E-state index is 1.09. The van der Waals surface area contributed by atoms with Gasteiger partial charge in [0.2, 0.25) is 0 Å². The topological polar surface area (TPSA) is 0 Å². The maximum atomic E-state index is 2.44. The van der Waals surface area contributed by atoms with Gasteiger partial charge in [-0.25, -0.2) is 0 Å². The van der Waals surface area contributed by atoms with E-state index in [2.05, 4.69) is 62.4 Å². The Bertz CT molecular complexity index is 647. The van der Waals surface area contributed by atoms with Crippen molar-refractivity contribution in [3.63, 3.8) is 0 Å². The fourth-order valence-corrected chi connectivity index (χ4v) is 3.36. The molecule has 0 radical (unpaired) electrons. The minimum Gasteiger partial charge on any atom is -0.0651 e. The fraction of sp³-hybridized carbons (Fsp3) is 0.333. The summed E-state index contributed by atoms with van der Waals surface area (Å²) in [5.74, 6) is 0. The molecule has 0 nitrogen and oxygen atoms in total. The van der Waals surface area contributed by atoms with Gasteiger partial charge in [0.25, 0.3) is 0 Å². The van der Waals surface area contributed by atoms with E-state index in [4.69, 9.17) is 0 Å². The second-order valence-corrected chi connectivity index (χ2v) is 6.04. The van der Waals surface area contributed by atoms with Crippen LogP contribution < -0.4 is 0 Å². The van der Waals surface area contributed by atoms with Crippen molar-refractivity contribution >= 4 is 11.6 Å². The highest BCUT2D eigenvalue weighted by molar-refractivity contribution is 5.89. The van der Waals surface area contributed by atoms with E-state index in [-0.39, 0.29) is 0 Å². The smallest absolute Gasteiger partial charge is 0.00135 e. The van der Waals surface area contributed by atoms with Gasteiger partial charge in [-0.1, -0.05) is 75.2 Å². The van der Waals surface area contributed by atoms with Gasteiger partial charge in [-0.15, -0.1) is 0 Å². The predicted octanol–water partition coefficient (Wildman–Crippen LogP) is 5.69. The Balaban J connectivity index is 1.99. The van der Waals surface area contributed by atoms with E-state index in [1.165, 1.54) is 53.5 Å². The van der Waals surface area contributed by atoms with Crippen molar-refractivity contribution in [2.75, 3.05) is 0 Å². The Kier molecular flexibility index (Phi) is 4.24. The molecular weight excluding hydrogens is 252 g/mol. The van der Waals surface area contributed by atoms with Crippen LogP contribution in [0.5, 0.6) is 0 Å². The van der Waals surface area contributed by atoms with Crippen molar-refractivity contribution in [1.82, 2.24) is 0 Å². The van der Waals surface area contributed by atoms with Crippen LogP contribution >= 0.6 is 0 Å². The van der Waals surface area contributed by atoms with Crippen LogP contribution in [0.2, 0.25) is 0 Å². The molecule has 0 aromatic heterocycles. The fourth-order valence-electron chi connectivity index (χ4n) is 3.36. The zero-order chi connectivity index (χ0) is 14.7. The van der Waals surface area contributed by atoms with Crippen molar-refractivity contribution < 1.29 is 0 Å². The predicted molar refractivity (Wildman–Crippen MR) is 92.4 cm³/mol. The van der Waals surface area contributed by atoms with Crippen LogP contribution in [0.25, 0.3) is 11.6 Å². The normalized spacial score (nSPS) is 13.1. The highest BCUT2D eigenvalue weighted by Gasteiger charge is 2.17. The summed E-state index contributed by atoms with van der Waals surface area (Å²) in [4.78, 5) is 0. The summed E-state index contributed by atoms with van der Waals surface area (Å²) in [6.07, 6.45) is 8.35. The van der Waals surface area contributed by atoms with Gasteiger partial charge in [-0.2, -0.15) is 0 Å². The third-order valence-corrected chi connectivity index (χ3v) is 4.31. The molecule has 2 aromatic carbocycles. The maximum absolute atomic E-state index is 2.44. The van der Waals surface area contributed by atoms with E-state index >= 15 is 0 Å². The first-order valence-electron chi connectivity index (χ1n) is 8.22. The molecule has 108 valence electrons. The molecule has 2 aromatic rings. The van der Waals surface area contributed by atoms with Gasteiger partial charge >= 0.3 is 0 Å². The van der Waals surface area contributed by atoms with Crippen LogP contribution in [0.4, 0.5) is 0 Å². The third kappa shape index (κ3) is 2.95. The van der Waals surface area contributed by atoms with E-state index in [1.807, 2.05) is 0 Å². The lowest BCUT2D eigenvalue weighted by atomic mass is 9.95. The summed E-state index contributed by atoms with van der Waals surface area (Å²) < 4.78 is 0. The van der Waals surface area contributed by atoms with Gasteiger partial charge in [0.15, 0.2) is 0 Å². The summed E-state index contributed by atoms with van der Waals surface area (Å²) in [6.45, 7) is 4.54. The standard InChI is InChI=1S/C21H24/c1-3-8-16-12-18(9-4-2)21-15-19(14-20(21)13-16)17-10-6-5-7-11-17/h5-7,10-13,15H,3-4,8-9,14H2,1-2H3. The van der Waals surface area contributed by atoms with E-state index < -0.39 is 0 Å².